The molecule has 0 aliphatic carbocycles. The Kier molecular flexibility index (Phi) is 4.56. The molecule has 0 saturated carbocycles. The minimum atomic E-state index is -0.0495. The largest absolute Gasteiger partial charge is 0.338 e. The third-order valence-corrected chi connectivity index (χ3v) is 2.91. The molecular formula is C12H13BrClNO. The van der Waals surface area contributed by atoms with Crippen molar-refractivity contribution in [3.05, 3.63) is 45.4 Å². The monoisotopic (exact) mass is 301 g/mol. The lowest BCUT2D eigenvalue weighted by Crippen LogP contribution is -2.28. The highest BCUT2D eigenvalue weighted by atomic mass is 79.9. The predicted molar refractivity (Wildman–Crippen MR) is 70.9 cm³/mol. The molecule has 0 unspecified atom stereocenters. The summed E-state index contributed by atoms with van der Waals surface area (Å²) in [6.07, 6.45) is 0. The maximum absolute atomic E-state index is 12.0. The van der Waals surface area contributed by atoms with Crippen LogP contribution >= 0.6 is 27.5 Å². The van der Waals surface area contributed by atoms with Crippen molar-refractivity contribution in [1.82, 2.24) is 4.90 Å². The van der Waals surface area contributed by atoms with Crippen LogP contribution in [-0.4, -0.2) is 24.4 Å². The van der Waals surface area contributed by atoms with Crippen LogP contribution in [0.5, 0.6) is 0 Å². The normalized spacial score (nSPS) is 10.0. The van der Waals surface area contributed by atoms with Crippen LogP contribution in [0.3, 0.4) is 0 Å². The van der Waals surface area contributed by atoms with Crippen LogP contribution in [-0.2, 0) is 0 Å². The third kappa shape index (κ3) is 3.35. The molecule has 1 amide bonds. The number of carbonyl (C=O) groups excluding carboxylic acids is 1. The molecule has 0 radical (unpaired) electrons. The van der Waals surface area contributed by atoms with Crippen LogP contribution in [0, 0.1) is 0 Å². The summed E-state index contributed by atoms with van der Waals surface area (Å²) in [4.78, 5) is 13.6. The maximum Gasteiger partial charge on any atom is 0.255 e. The first-order chi connectivity index (χ1) is 7.41. The van der Waals surface area contributed by atoms with Crippen LogP contribution in [0.1, 0.15) is 17.3 Å². The van der Waals surface area contributed by atoms with Gasteiger partial charge in [-0.05, 0) is 41.1 Å². The van der Waals surface area contributed by atoms with Crippen molar-refractivity contribution in [3.8, 4) is 0 Å². The van der Waals surface area contributed by atoms with Gasteiger partial charge in [0.15, 0.2) is 0 Å². The van der Waals surface area contributed by atoms with E-state index in [2.05, 4.69) is 22.5 Å². The van der Waals surface area contributed by atoms with Gasteiger partial charge in [-0.2, -0.15) is 0 Å². The molecule has 0 aliphatic heterocycles. The van der Waals surface area contributed by atoms with Gasteiger partial charge in [-0.3, -0.25) is 4.79 Å². The molecule has 0 N–H and O–H groups in total. The number of benzene rings is 1. The first-order valence-corrected chi connectivity index (χ1v) is 5.94. The standard InChI is InChI=1S/C12H13BrClNO/c1-8(2)7-15(3)12(16)10-5-4-9(14)6-11(10)13/h4-6H,1,7H2,2-3H3. The highest BCUT2D eigenvalue weighted by molar-refractivity contribution is 9.10. The van der Waals surface area contributed by atoms with E-state index in [1.54, 1.807) is 30.1 Å². The molecule has 0 spiro atoms. The predicted octanol–water partition coefficient (Wildman–Crippen LogP) is 3.75. The SMILES string of the molecule is C=C(C)CN(C)C(=O)c1ccc(Cl)cc1Br. The lowest BCUT2D eigenvalue weighted by molar-refractivity contribution is 0.0806. The summed E-state index contributed by atoms with van der Waals surface area (Å²) >= 11 is 9.14. The fourth-order valence-corrected chi connectivity index (χ4v) is 2.20. The topological polar surface area (TPSA) is 20.3 Å². The Labute approximate surface area is 109 Å². The van der Waals surface area contributed by atoms with Crippen molar-refractivity contribution in [1.29, 1.82) is 0 Å². The smallest absolute Gasteiger partial charge is 0.255 e. The second-order valence-corrected chi connectivity index (χ2v) is 5.03. The second-order valence-electron chi connectivity index (χ2n) is 3.74. The average Bonchev–Trinajstić information content (AvgIpc) is 2.15. The fraction of sp³-hybridized carbons (Fsp3) is 0.250. The first kappa shape index (κ1) is 13.3. The number of rotatable bonds is 3. The van der Waals surface area contributed by atoms with Crippen molar-refractivity contribution in [2.24, 2.45) is 0 Å². The number of likely N-dealkylation sites (N-methyl/N-ethyl adjacent to an activating group) is 1. The zero-order chi connectivity index (χ0) is 12.3. The van der Waals surface area contributed by atoms with E-state index < -0.39 is 0 Å². The van der Waals surface area contributed by atoms with E-state index in [1.165, 1.54) is 0 Å². The zero-order valence-electron chi connectivity index (χ0n) is 9.26. The highest BCUT2D eigenvalue weighted by Crippen LogP contribution is 2.22. The van der Waals surface area contributed by atoms with Crippen molar-refractivity contribution < 1.29 is 4.79 Å². The molecule has 0 heterocycles. The molecule has 0 fully saturated rings. The lowest BCUT2D eigenvalue weighted by atomic mass is 10.2. The van der Waals surface area contributed by atoms with Gasteiger partial charge >= 0.3 is 0 Å². The van der Waals surface area contributed by atoms with Gasteiger partial charge in [0.25, 0.3) is 5.91 Å². The van der Waals surface area contributed by atoms with E-state index in [-0.39, 0.29) is 5.91 Å². The van der Waals surface area contributed by atoms with Crippen LogP contribution in [0.25, 0.3) is 0 Å². The summed E-state index contributed by atoms with van der Waals surface area (Å²) in [7, 11) is 1.75. The van der Waals surface area contributed by atoms with Crippen LogP contribution < -0.4 is 0 Å². The Hall–Kier alpha value is -0.800. The van der Waals surface area contributed by atoms with Gasteiger partial charge in [0.2, 0.25) is 0 Å². The molecule has 16 heavy (non-hydrogen) atoms. The van der Waals surface area contributed by atoms with Crippen molar-refractivity contribution >= 4 is 33.4 Å². The molecule has 1 rings (SSSR count). The molecule has 4 heteroatoms. The summed E-state index contributed by atoms with van der Waals surface area (Å²) in [6, 6.07) is 5.13. The number of hydrogen-bond acceptors (Lipinski definition) is 1. The molecule has 86 valence electrons. The van der Waals surface area contributed by atoms with Crippen LogP contribution in [0.15, 0.2) is 34.8 Å². The molecule has 1 aromatic carbocycles. The molecule has 0 bridgehead atoms. The molecule has 0 aliphatic rings. The minimum Gasteiger partial charge on any atom is -0.338 e. The molecule has 0 atom stereocenters. The Bertz CT molecular complexity index is 431. The van der Waals surface area contributed by atoms with Gasteiger partial charge in [-0.25, -0.2) is 0 Å². The number of nitrogens with zero attached hydrogens (tertiary/aromatic N) is 1. The van der Waals surface area contributed by atoms with E-state index in [0.29, 0.717) is 21.6 Å². The van der Waals surface area contributed by atoms with Crippen LogP contribution in [0.4, 0.5) is 0 Å². The van der Waals surface area contributed by atoms with E-state index in [1.807, 2.05) is 6.92 Å². The Balaban J connectivity index is 2.92. The summed E-state index contributed by atoms with van der Waals surface area (Å²) in [5.41, 5.74) is 1.55. The summed E-state index contributed by atoms with van der Waals surface area (Å²) < 4.78 is 0.707. The van der Waals surface area contributed by atoms with E-state index in [0.717, 1.165) is 5.57 Å². The zero-order valence-corrected chi connectivity index (χ0v) is 11.6. The van der Waals surface area contributed by atoms with E-state index in [4.69, 9.17) is 11.6 Å². The minimum absolute atomic E-state index is 0.0495. The Morgan fingerprint density at radius 1 is 1.56 bits per heavy atom. The fourth-order valence-electron chi connectivity index (χ4n) is 1.35. The lowest BCUT2D eigenvalue weighted by Gasteiger charge is -2.17. The third-order valence-electron chi connectivity index (χ3n) is 2.02. The van der Waals surface area contributed by atoms with Crippen molar-refractivity contribution in [2.45, 2.75) is 6.92 Å². The molecule has 0 aromatic heterocycles. The molecule has 0 saturated heterocycles. The Morgan fingerprint density at radius 3 is 2.69 bits per heavy atom. The average molecular weight is 303 g/mol. The van der Waals surface area contributed by atoms with Gasteiger partial charge < -0.3 is 4.90 Å². The molecule has 1 aromatic rings. The number of carbonyl (C=O) groups is 1. The number of hydrogen-bond donors (Lipinski definition) is 0. The van der Waals surface area contributed by atoms with Gasteiger partial charge in [0.1, 0.15) is 0 Å². The van der Waals surface area contributed by atoms with Gasteiger partial charge in [0, 0.05) is 23.1 Å². The molecule has 2 nitrogen and oxygen atoms in total. The summed E-state index contributed by atoms with van der Waals surface area (Å²) in [5, 5.41) is 0.603. The quantitative estimate of drug-likeness (QED) is 0.779. The van der Waals surface area contributed by atoms with Gasteiger partial charge in [-0.15, -0.1) is 0 Å². The maximum atomic E-state index is 12.0. The Morgan fingerprint density at radius 2 is 2.19 bits per heavy atom. The second kappa shape index (κ2) is 5.51. The highest BCUT2D eigenvalue weighted by Gasteiger charge is 2.14. The summed E-state index contributed by atoms with van der Waals surface area (Å²) in [6.45, 7) is 6.22. The first-order valence-electron chi connectivity index (χ1n) is 4.76. The van der Waals surface area contributed by atoms with Crippen LogP contribution in [0.2, 0.25) is 5.02 Å². The van der Waals surface area contributed by atoms with Crippen molar-refractivity contribution in [2.75, 3.05) is 13.6 Å². The van der Waals surface area contributed by atoms with E-state index >= 15 is 0 Å². The number of amides is 1. The number of halogens is 2. The van der Waals surface area contributed by atoms with Crippen molar-refractivity contribution in [3.63, 3.8) is 0 Å². The summed E-state index contributed by atoms with van der Waals surface area (Å²) in [5.74, 6) is -0.0495. The van der Waals surface area contributed by atoms with Gasteiger partial charge in [-0.1, -0.05) is 23.8 Å². The molecular weight excluding hydrogens is 289 g/mol. The van der Waals surface area contributed by atoms with Gasteiger partial charge in [0.05, 0.1) is 5.56 Å². The van der Waals surface area contributed by atoms with E-state index in [9.17, 15) is 4.79 Å².